The molecule has 2 aliphatic rings. The number of nitrogens with one attached hydrogen (secondary N) is 1. The van der Waals surface area contributed by atoms with Gasteiger partial charge in [0, 0.05) is 48.7 Å². The van der Waals surface area contributed by atoms with E-state index < -0.39 is 30.0 Å². The number of hydrogen-bond acceptors (Lipinski definition) is 7. The van der Waals surface area contributed by atoms with Crippen LogP contribution in [0.1, 0.15) is 34.7 Å². The Morgan fingerprint density at radius 3 is 2.65 bits per heavy atom. The van der Waals surface area contributed by atoms with E-state index in [-0.39, 0.29) is 30.5 Å². The lowest BCUT2D eigenvalue weighted by Gasteiger charge is -2.21. The highest BCUT2D eigenvalue weighted by Gasteiger charge is 2.36. The van der Waals surface area contributed by atoms with Crippen molar-refractivity contribution < 1.29 is 27.5 Å². The van der Waals surface area contributed by atoms with Gasteiger partial charge in [0.15, 0.2) is 0 Å². The van der Waals surface area contributed by atoms with Gasteiger partial charge in [0.2, 0.25) is 11.7 Å². The predicted molar refractivity (Wildman–Crippen MR) is 118 cm³/mol. The third-order valence-corrected chi connectivity index (χ3v) is 5.96. The Kier molecular flexibility index (Phi) is 6.34. The van der Waals surface area contributed by atoms with Gasteiger partial charge in [-0.3, -0.25) is 9.59 Å². The second kappa shape index (κ2) is 9.09. The van der Waals surface area contributed by atoms with Crippen LogP contribution in [0.5, 0.6) is 5.75 Å². The Morgan fingerprint density at radius 1 is 1.21 bits per heavy atom. The number of benzene rings is 1. The molecule has 2 saturated heterocycles. The van der Waals surface area contributed by atoms with Gasteiger partial charge in [-0.1, -0.05) is 6.07 Å². The normalized spacial score (nSPS) is 20.7. The van der Waals surface area contributed by atoms with Crippen LogP contribution in [-0.2, 0) is 4.79 Å². The van der Waals surface area contributed by atoms with Crippen molar-refractivity contribution in [2.24, 2.45) is 5.73 Å². The maximum Gasteiger partial charge on any atom is 0.573 e. The zero-order valence-corrected chi connectivity index (χ0v) is 18.7. The molecule has 2 aromatic rings. The summed E-state index contributed by atoms with van der Waals surface area (Å²) >= 11 is 0. The standard InChI is InChI=1S/C22H25F3N6O3/c1-12-13(2)27-18(29-19(12)30-8-6-14(26)11-30)20(32)28-17-7-9-31(21(17)33)15-4-3-5-16(10-15)34-22(23,24)25/h3-5,10,14,17H,6-9,11,26H2,1-2H3,(H,28,32)/t14-,17?/m1/s1. The van der Waals surface area contributed by atoms with Crippen LogP contribution in [0.2, 0.25) is 0 Å². The van der Waals surface area contributed by atoms with Gasteiger partial charge in [0.05, 0.1) is 0 Å². The summed E-state index contributed by atoms with van der Waals surface area (Å²) in [4.78, 5) is 37.8. The number of halogens is 3. The minimum atomic E-state index is -4.84. The number of anilines is 2. The molecular formula is C22H25F3N6O3. The number of aryl methyl sites for hydroxylation is 1. The third-order valence-electron chi connectivity index (χ3n) is 5.96. The summed E-state index contributed by atoms with van der Waals surface area (Å²) in [7, 11) is 0. The Bertz CT molecular complexity index is 1110. The van der Waals surface area contributed by atoms with Gasteiger partial charge in [0.25, 0.3) is 5.91 Å². The Hall–Kier alpha value is -3.41. The molecule has 2 aliphatic heterocycles. The number of carbonyl (C=O) groups is 2. The lowest BCUT2D eigenvalue weighted by Crippen LogP contribution is -2.42. The average Bonchev–Trinajstić information content (AvgIpc) is 3.34. The van der Waals surface area contributed by atoms with E-state index in [1.165, 1.54) is 17.0 Å². The fourth-order valence-electron chi connectivity index (χ4n) is 4.14. The number of nitrogens with two attached hydrogens (primary N) is 1. The van der Waals surface area contributed by atoms with Crippen molar-refractivity contribution in [2.75, 3.05) is 29.4 Å². The van der Waals surface area contributed by atoms with E-state index in [1.807, 2.05) is 11.8 Å². The second-order valence-corrected chi connectivity index (χ2v) is 8.43. The lowest BCUT2D eigenvalue weighted by molar-refractivity contribution is -0.274. The number of ether oxygens (including phenoxy) is 1. The first-order valence-corrected chi connectivity index (χ1v) is 10.9. The zero-order chi connectivity index (χ0) is 24.6. The summed E-state index contributed by atoms with van der Waals surface area (Å²) in [6.07, 6.45) is -3.73. The fourth-order valence-corrected chi connectivity index (χ4v) is 4.14. The molecule has 2 amide bonds. The van der Waals surface area contributed by atoms with Crippen LogP contribution in [0.4, 0.5) is 24.7 Å². The fraction of sp³-hybridized carbons (Fsp3) is 0.455. The van der Waals surface area contributed by atoms with Crippen LogP contribution in [0.15, 0.2) is 24.3 Å². The summed E-state index contributed by atoms with van der Waals surface area (Å²) in [6, 6.07) is 4.34. The van der Waals surface area contributed by atoms with Crippen molar-refractivity contribution in [1.82, 2.24) is 15.3 Å². The van der Waals surface area contributed by atoms with E-state index in [0.717, 1.165) is 30.7 Å². The topological polar surface area (TPSA) is 114 Å². The molecule has 9 nitrogen and oxygen atoms in total. The molecule has 0 radical (unpaired) electrons. The summed E-state index contributed by atoms with van der Waals surface area (Å²) in [5.41, 5.74) is 7.76. The van der Waals surface area contributed by atoms with Crippen molar-refractivity contribution in [3.8, 4) is 5.75 Å². The van der Waals surface area contributed by atoms with Crippen LogP contribution in [0, 0.1) is 13.8 Å². The summed E-state index contributed by atoms with van der Waals surface area (Å²) in [5.74, 6) is -0.867. The van der Waals surface area contributed by atoms with E-state index in [9.17, 15) is 22.8 Å². The number of hydrogen-bond donors (Lipinski definition) is 2. The van der Waals surface area contributed by atoms with Crippen LogP contribution < -0.4 is 25.6 Å². The largest absolute Gasteiger partial charge is 0.573 e. The van der Waals surface area contributed by atoms with E-state index in [2.05, 4.69) is 20.0 Å². The highest BCUT2D eigenvalue weighted by Crippen LogP contribution is 2.29. The Balaban J connectivity index is 1.47. The number of aromatic nitrogens is 2. The lowest BCUT2D eigenvalue weighted by atomic mass is 10.2. The van der Waals surface area contributed by atoms with Crippen molar-refractivity contribution in [2.45, 2.75) is 45.1 Å². The number of alkyl halides is 3. The molecule has 0 saturated carbocycles. The van der Waals surface area contributed by atoms with E-state index in [0.29, 0.717) is 18.1 Å². The molecule has 12 heteroatoms. The molecule has 0 spiro atoms. The molecule has 182 valence electrons. The van der Waals surface area contributed by atoms with Crippen molar-refractivity contribution >= 4 is 23.3 Å². The minimum Gasteiger partial charge on any atom is -0.406 e. The highest BCUT2D eigenvalue weighted by molar-refractivity contribution is 6.03. The summed E-state index contributed by atoms with van der Waals surface area (Å²) in [5, 5.41) is 2.66. The zero-order valence-electron chi connectivity index (χ0n) is 18.7. The molecule has 34 heavy (non-hydrogen) atoms. The molecule has 2 fully saturated rings. The first-order valence-electron chi connectivity index (χ1n) is 10.9. The molecular weight excluding hydrogens is 453 g/mol. The molecule has 1 unspecified atom stereocenters. The van der Waals surface area contributed by atoms with Gasteiger partial charge in [-0.15, -0.1) is 13.2 Å². The molecule has 0 bridgehead atoms. The average molecular weight is 478 g/mol. The summed E-state index contributed by atoms with van der Waals surface area (Å²) < 4.78 is 41.5. The van der Waals surface area contributed by atoms with Crippen LogP contribution >= 0.6 is 0 Å². The second-order valence-electron chi connectivity index (χ2n) is 8.43. The van der Waals surface area contributed by atoms with E-state index >= 15 is 0 Å². The quantitative estimate of drug-likeness (QED) is 0.676. The molecule has 1 aromatic carbocycles. The molecule has 1 aromatic heterocycles. The highest BCUT2D eigenvalue weighted by atomic mass is 19.4. The van der Waals surface area contributed by atoms with Crippen LogP contribution in [-0.4, -0.2) is 59.9 Å². The Morgan fingerprint density at radius 2 is 1.97 bits per heavy atom. The van der Waals surface area contributed by atoms with E-state index in [1.54, 1.807) is 6.92 Å². The molecule has 3 N–H and O–H groups in total. The first-order chi connectivity index (χ1) is 16.0. The minimum absolute atomic E-state index is 0.0362. The van der Waals surface area contributed by atoms with Crippen LogP contribution in [0.25, 0.3) is 0 Å². The van der Waals surface area contributed by atoms with Gasteiger partial charge in [-0.2, -0.15) is 0 Å². The van der Waals surface area contributed by atoms with E-state index in [4.69, 9.17) is 5.73 Å². The monoisotopic (exact) mass is 478 g/mol. The third kappa shape index (κ3) is 5.06. The van der Waals surface area contributed by atoms with Gasteiger partial charge in [-0.05, 0) is 38.8 Å². The number of amides is 2. The van der Waals surface area contributed by atoms with Crippen LogP contribution in [0.3, 0.4) is 0 Å². The number of rotatable bonds is 5. The van der Waals surface area contributed by atoms with Gasteiger partial charge in [-0.25, -0.2) is 9.97 Å². The van der Waals surface area contributed by atoms with Gasteiger partial charge in [0.1, 0.15) is 17.6 Å². The maximum absolute atomic E-state index is 12.9. The molecule has 3 heterocycles. The van der Waals surface area contributed by atoms with Gasteiger partial charge >= 0.3 is 6.36 Å². The van der Waals surface area contributed by atoms with Crippen molar-refractivity contribution in [3.05, 3.63) is 41.3 Å². The molecule has 4 rings (SSSR count). The summed E-state index contributed by atoms with van der Waals surface area (Å²) in [6.45, 7) is 5.25. The first kappa shape index (κ1) is 23.7. The smallest absolute Gasteiger partial charge is 0.406 e. The molecule has 2 atom stereocenters. The van der Waals surface area contributed by atoms with Crippen molar-refractivity contribution in [3.63, 3.8) is 0 Å². The number of carbonyl (C=O) groups excluding carboxylic acids is 2. The predicted octanol–water partition coefficient (Wildman–Crippen LogP) is 2.06. The number of nitrogens with zero attached hydrogens (tertiary/aromatic N) is 4. The molecule has 0 aliphatic carbocycles. The van der Waals surface area contributed by atoms with Gasteiger partial charge < -0.3 is 25.6 Å². The van der Waals surface area contributed by atoms with Crippen molar-refractivity contribution in [1.29, 1.82) is 0 Å². The SMILES string of the molecule is Cc1nc(C(=O)NC2CCN(c3cccc(OC(F)(F)F)c3)C2=O)nc(N2CC[C@@H](N)C2)c1C. The maximum atomic E-state index is 12.9. The Labute approximate surface area is 194 Å².